The van der Waals surface area contributed by atoms with Crippen molar-refractivity contribution < 1.29 is 14.3 Å². The van der Waals surface area contributed by atoms with E-state index < -0.39 is 6.10 Å². The second-order valence-corrected chi connectivity index (χ2v) is 4.45. The van der Waals surface area contributed by atoms with Crippen molar-refractivity contribution in [2.24, 2.45) is 0 Å². The molecule has 0 amide bonds. The first kappa shape index (κ1) is 13.6. The number of ether oxygens (including phenoxy) is 1. The first-order valence-electron chi connectivity index (χ1n) is 6.26. The molecule has 4 nitrogen and oxygen atoms in total. The molecule has 0 fully saturated rings. The molecule has 2 aromatic rings. The summed E-state index contributed by atoms with van der Waals surface area (Å²) < 4.78 is 10.4. The highest BCUT2D eigenvalue weighted by Gasteiger charge is 2.08. The second-order valence-electron chi connectivity index (χ2n) is 4.45. The van der Waals surface area contributed by atoms with Crippen LogP contribution in [0, 0.1) is 6.92 Å². The van der Waals surface area contributed by atoms with Gasteiger partial charge in [0, 0.05) is 6.54 Å². The Bertz CT molecular complexity index is 504. The summed E-state index contributed by atoms with van der Waals surface area (Å²) in [4.78, 5) is 0. The van der Waals surface area contributed by atoms with Crippen molar-refractivity contribution in [3.63, 3.8) is 0 Å². The fourth-order valence-corrected chi connectivity index (χ4v) is 1.85. The zero-order chi connectivity index (χ0) is 13.7. The highest BCUT2D eigenvalue weighted by molar-refractivity contribution is 5.28. The maximum Gasteiger partial charge on any atom is 0.120 e. The highest BCUT2D eigenvalue weighted by atomic mass is 16.5. The van der Waals surface area contributed by atoms with Gasteiger partial charge < -0.3 is 19.6 Å². The van der Waals surface area contributed by atoms with Crippen LogP contribution in [-0.4, -0.2) is 18.8 Å². The number of aryl methyl sites for hydroxylation is 1. The molecule has 1 unspecified atom stereocenters. The molecule has 1 atom stereocenters. The van der Waals surface area contributed by atoms with Gasteiger partial charge in [-0.1, -0.05) is 12.1 Å². The molecule has 0 aliphatic heterocycles. The van der Waals surface area contributed by atoms with Gasteiger partial charge in [0.05, 0.1) is 26.0 Å². The van der Waals surface area contributed by atoms with Gasteiger partial charge in [-0.2, -0.15) is 0 Å². The summed E-state index contributed by atoms with van der Waals surface area (Å²) >= 11 is 0. The van der Waals surface area contributed by atoms with E-state index in [2.05, 4.69) is 5.32 Å². The lowest BCUT2D eigenvalue weighted by Gasteiger charge is -2.12. The first-order valence-corrected chi connectivity index (χ1v) is 6.26. The SMILES string of the molecule is COc1ccc(C(O)CNCc2occc2C)cc1. The normalized spacial score (nSPS) is 12.4. The molecule has 1 heterocycles. The zero-order valence-corrected chi connectivity index (χ0v) is 11.2. The van der Waals surface area contributed by atoms with E-state index in [1.807, 2.05) is 37.3 Å². The quantitative estimate of drug-likeness (QED) is 0.838. The lowest BCUT2D eigenvalue weighted by Crippen LogP contribution is -2.21. The fourth-order valence-electron chi connectivity index (χ4n) is 1.85. The number of benzene rings is 1. The molecule has 0 radical (unpaired) electrons. The van der Waals surface area contributed by atoms with Crippen LogP contribution in [0.2, 0.25) is 0 Å². The van der Waals surface area contributed by atoms with Crippen LogP contribution in [0.5, 0.6) is 5.75 Å². The number of methoxy groups -OCH3 is 1. The van der Waals surface area contributed by atoms with E-state index in [-0.39, 0.29) is 0 Å². The maximum atomic E-state index is 10.0. The Morgan fingerprint density at radius 1 is 1.26 bits per heavy atom. The van der Waals surface area contributed by atoms with E-state index in [0.717, 1.165) is 22.6 Å². The fraction of sp³-hybridized carbons (Fsp3) is 0.333. The van der Waals surface area contributed by atoms with Crippen molar-refractivity contribution in [3.8, 4) is 5.75 Å². The summed E-state index contributed by atoms with van der Waals surface area (Å²) in [6, 6.07) is 9.34. The van der Waals surface area contributed by atoms with E-state index in [1.54, 1.807) is 13.4 Å². The molecule has 4 heteroatoms. The number of hydrogen-bond donors (Lipinski definition) is 2. The molecule has 0 spiro atoms. The molecule has 1 aromatic heterocycles. The molecule has 0 saturated carbocycles. The van der Waals surface area contributed by atoms with Crippen LogP contribution in [0.3, 0.4) is 0 Å². The minimum Gasteiger partial charge on any atom is -0.497 e. The van der Waals surface area contributed by atoms with Gasteiger partial charge in [-0.05, 0) is 36.2 Å². The Hall–Kier alpha value is -1.78. The van der Waals surface area contributed by atoms with Gasteiger partial charge in [0.15, 0.2) is 0 Å². The molecule has 0 bridgehead atoms. The average Bonchev–Trinajstić information content (AvgIpc) is 2.84. The molecule has 0 aliphatic carbocycles. The van der Waals surface area contributed by atoms with Crippen molar-refractivity contribution in [2.75, 3.05) is 13.7 Å². The lowest BCUT2D eigenvalue weighted by molar-refractivity contribution is 0.173. The number of hydrogen-bond acceptors (Lipinski definition) is 4. The van der Waals surface area contributed by atoms with Crippen LogP contribution >= 0.6 is 0 Å². The Balaban J connectivity index is 1.83. The largest absolute Gasteiger partial charge is 0.497 e. The Kier molecular flexibility index (Phi) is 4.60. The molecule has 102 valence electrons. The first-order chi connectivity index (χ1) is 9.20. The molecular weight excluding hydrogens is 242 g/mol. The number of furan rings is 1. The lowest BCUT2D eigenvalue weighted by atomic mass is 10.1. The summed E-state index contributed by atoms with van der Waals surface area (Å²) in [5.41, 5.74) is 1.98. The number of aliphatic hydroxyl groups excluding tert-OH is 1. The van der Waals surface area contributed by atoms with Gasteiger partial charge in [-0.3, -0.25) is 0 Å². The Morgan fingerprint density at radius 3 is 2.58 bits per heavy atom. The second kappa shape index (κ2) is 6.41. The summed E-state index contributed by atoms with van der Waals surface area (Å²) in [6.45, 7) is 3.10. The van der Waals surface area contributed by atoms with E-state index in [4.69, 9.17) is 9.15 Å². The van der Waals surface area contributed by atoms with Crippen LogP contribution in [0.15, 0.2) is 41.0 Å². The summed E-state index contributed by atoms with van der Waals surface area (Å²) in [5, 5.41) is 13.2. The van der Waals surface area contributed by atoms with E-state index in [0.29, 0.717) is 13.1 Å². The average molecular weight is 261 g/mol. The molecule has 1 aromatic carbocycles. The molecule has 0 saturated heterocycles. The third kappa shape index (κ3) is 3.59. The maximum absolute atomic E-state index is 10.0. The standard InChI is InChI=1S/C15H19NO3/c1-11-7-8-19-15(11)10-16-9-14(17)12-3-5-13(18-2)6-4-12/h3-8,14,16-17H,9-10H2,1-2H3. The smallest absolute Gasteiger partial charge is 0.120 e. The molecule has 0 aliphatic rings. The minimum atomic E-state index is -0.541. The van der Waals surface area contributed by atoms with Gasteiger partial charge in [0.1, 0.15) is 11.5 Å². The van der Waals surface area contributed by atoms with Crippen LogP contribution in [0.25, 0.3) is 0 Å². The van der Waals surface area contributed by atoms with E-state index in [1.165, 1.54) is 0 Å². The van der Waals surface area contributed by atoms with Crippen LogP contribution < -0.4 is 10.1 Å². The summed E-state index contributed by atoms with van der Waals surface area (Å²) in [5.74, 6) is 1.69. The van der Waals surface area contributed by atoms with Gasteiger partial charge in [0.2, 0.25) is 0 Å². The predicted octanol–water partition coefficient (Wildman–Crippen LogP) is 2.42. The molecular formula is C15H19NO3. The summed E-state index contributed by atoms with van der Waals surface area (Å²) in [6.07, 6.45) is 1.13. The van der Waals surface area contributed by atoms with Gasteiger partial charge >= 0.3 is 0 Å². The third-order valence-electron chi connectivity index (χ3n) is 3.09. The highest BCUT2D eigenvalue weighted by Crippen LogP contribution is 2.17. The van der Waals surface area contributed by atoms with Crippen LogP contribution in [0.1, 0.15) is 23.0 Å². The van der Waals surface area contributed by atoms with Crippen molar-refractivity contribution >= 4 is 0 Å². The Labute approximate surface area is 113 Å². The zero-order valence-electron chi connectivity index (χ0n) is 11.2. The topological polar surface area (TPSA) is 54.6 Å². The van der Waals surface area contributed by atoms with E-state index >= 15 is 0 Å². The van der Waals surface area contributed by atoms with Crippen molar-refractivity contribution in [2.45, 2.75) is 19.6 Å². The molecule has 2 N–H and O–H groups in total. The monoisotopic (exact) mass is 261 g/mol. The van der Waals surface area contributed by atoms with Crippen LogP contribution in [-0.2, 0) is 6.54 Å². The predicted molar refractivity (Wildman–Crippen MR) is 73.1 cm³/mol. The summed E-state index contributed by atoms with van der Waals surface area (Å²) in [7, 11) is 1.62. The van der Waals surface area contributed by atoms with Gasteiger partial charge in [-0.15, -0.1) is 0 Å². The van der Waals surface area contributed by atoms with E-state index in [9.17, 15) is 5.11 Å². The minimum absolute atomic E-state index is 0.479. The van der Waals surface area contributed by atoms with Crippen LogP contribution in [0.4, 0.5) is 0 Å². The van der Waals surface area contributed by atoms with Crippen molar-refractivity contribution in [1.82, 2.24) is 5.32 Å². The number of rotatable bonds is 6. The molecule has 2 rings (SSSR count). The van der Waals surface area contributed by atoms with Gasteiger partial charge in [0.25, 0.3) is 0 Å². The number of aliphatic hydroxyl groups is 1. The van der Waals surface area contributed by atoms with Crippen molar-refractivity contribution in [1.29, 1.82) is 0 Å². The van der Waals surface area contributed by atoms with Gasteiger partial charge in [-0.25, -0.2) is 0 Å². The Morgan fingerprint density at radius 2 is 2.00 bits per heavy atom. The third-order valence-corrected chi connectivity index (χ3v) is 3.09. The van der Waals surface area contributed by atoms with Crippen molar-refractivity contribution in [3.05, 3.63) is 53.5 Å². The number of nitrogens with one attached hydrogen (secondary N) is 1. The molecule has 19 heavy (non-hydrogen) atoms.